The third-order valence-electron chi connectivity index (χ3n) is 5.68. The highest BCUT2D eigenvalue weighted by molar-refractivity contribution is 6.33. The maximum absolute atomic E-state index is 12.8. The fourth-order valence-corrected chi connectivity index (χ4v) is 4.33. The van der Waals surface area contributed by atoms with E-state index in [1.54, 1.807) is 4.90 Å². The zero-order chi connectivity index (χ0) is 24.3. The molecule has 0 atom stereocenters. The molecule has 178 valence electrons. The first kappa shape index (κ1) is 24.8. The zero-order valence-corrected chi connectivity index (χ0v) is 19.4. The van der Waals surface area contributed by atoms with Crippen LogP contribution in [-0.2, 0) is 15.8 Å². The molecule has 0 spiro atoms. The number of hydrogen-bond acceptors (Lipinski definition) is 4. The molecule has 6 nitrogen and oxygen atoms in total. The highest BCUT2D eigenvalue weighted by Crippen LogP contribution is 2.34. The second-order valence-electron chi connectivity index (χ2n) is 8.33. The van der Waals surface area contributed by atoms with Gasteiger partial charge < -0.3 is 15.5 Å². The van der Waals surface area contributed by atoms with Crippen LogP contribution in [0.25, 0.3) is 0 Å². The number of amides is 2. The minimum atomic E-state index is -4.51. The van der Waals surface area contributed by atoms with Gasteiger partial charge in [0.15, 0.2) is 0 Å². The second kappa shape index (κ2) is 9.99. The van der Waals surface area contributed by atoms with Crippen LogP contribution in [0.5, 0.6) is 0 Å². The second-order valence-corrected chi connectivity index (χ2v) is 8.74. The van der Waals surface area contributed by atoms with Crippen LogP contribution in [0.1, 0.15) is 35.1 Å². The molecule has 2 aromatic rings. The molecule has 0 aliphatic carbocycles. The molecule has 2 N–H and O–H groups in total. The number of alkyl halides is 3. The van der Waals surface area contributed by atoms with E-state index < -0.39 is 11.7 Å². The molecule has 1 aromatic heterocycles. The topological polar surface area (TPSA) is 74.3 Å². The SMILES string of the molecule is Cc1cc(C)c(NC(=O)CNC(=O)C2CCN(c3ncc(C(F)(F)F)cc3Cl)CC2)c(C)c1. The van der Waals surface area contributed by atoms with Crippen LogP contribution in [0.2, 0.25) is 5.02 Å². The molecule has 1 aromatic carbocycles. The van der Waals surface area contributed by atoms with Gasteiger partial charge in [0, 0.05) is 30.9 Å². The molecular formula is C23H26ClF3N4O2. The first-order valence-electron chi connectivity index (χ1n) is 10.6. The van der Waals surface area contributed by atoms with Gasteiger partial charge in [0.25, 0.3) is 0 Å². The van der Waals surface area contributed by atoms with Crippen molar-refractivity contribution in [3.63, 3.8) is 0 Å². The van der Waals surface area contributed by atoms with E-state index in [0.717, 1.165) is 34.6 Å². The van der Waals surface area contributed by atoms with Crippen molar-refractivity contribution in [1.82, 2.24) is 10.3 Å². The molecule has 1 aliphatic heterocycles. The van der Waals surface area contributed by atoms with Gasteiger partial charge in [0.1, 0.15) is 5.82 Å². The minimum Gasteiger partial charge on any atom is -0.355 e. The molecule has 3 rings (SSSR count). The molecule has 1 aliphatic rings. The summed E-state index contributed by atoms with van der Waals surface area (Å²) in [6, 6.07) is 4.82. The van der Waals surface area contributed by atoms with Gasteiger partial charge in [-0.2, -0.15) is 13.2 Å². The lowest BCUT2D eigenvalue weighted by Crippen LogP contribution is -2.43. The Morgan fingerprint density at radius 2 is 1.73 bits per heavy atom. The van der Waals surface area contributed by atoms with Crippen LogP contribution in [0.15, 0.2) is 24.4 Å². The van der Waals surface area contributed by atoms with Crippen molar-refractivity contribution in [2.45, 2.75) is 39.8 Å². The molecule has 1 saturated heterocycles. The van der Waals surface area contributed by atoms with Gasteiger partial charge in [-0.1, -0.05) is 29.3 Å². The molecular weight excluding hydrogens is 457 g/mol. The number of benzene rings is 1. The summed E-state index contributed by atoms with van der Waals surface area (Å²) in [5.74, 6) is -0.568. The van der Waals surface area contributed by atoms with Crippen LogP contribution < -0.4 is 15.5 Å². The van der Waals surface area contributed by atoms with Crippen LogP contribution in [0.4, 0.5) is 24.7 Å². The van der Waals surface area contributed by atoms with E-state index >= 15 is 0 Å². The van der Waals surface area contributed by atoms with Gasteiger partial charge in [-0.3, -0.25) is 9.59 Å². The minimum absolute atomic E-state index is 0.0777. The number of carbonyl (C=O) groups is 2. The fraction of sp³-hybridized carbons (Fsp3) is 0.435. The zero-order valence-electron chi connectivity index (χ0n) is 18.6. The molecule has 10 heteroatoms. The molecule has 0 radical (unpaired) electrons. The third-order valence-corrected chi connectivity index (χ3v) is 5.96. The number of nitrogens with one attached hydrogen (secondary N) is 2. The van der Waals surface area contributed by atoms with Crippen LogP contribution >= 0.6 is 11.6 Å². The third kappa shape index (κ3) is 6.16. The Labute approximate surface area is 195 Å². The Morgan fingerprint density at radius 1 is 1.12 bits per heavy atom. The lowest BCUT2D eigenvalue weighted by molar-refractivity contribution is -0.137. The fourth-order valence-electron chi connectivity index (χ4n) is 4.04. The number of halogens is 4. The first-order valence-corrected chi connectivity index (χ1v) is 11.0. The molecule has 1 fully saturated rings. The summed E-state index contributed by atoms with van der Waals surface area (Å²) in [7, 11) is 0. The van der Waals surface area contributed by atoms with E-state index in [2.05, 4.69) is 15.6 Å². The van der Waals surface area contributed by atoms with Gasteiger partial charge in [0.05, 0.1) is 17.1 Å². The Morgan fingerprint density at radius 3 is 2.27 bits per heavy atom. The van der Waals surface area contributed by atoms with Crippen LogP contribution in [-0.4, -0.2) is 36.4 Å². The number of nitrogens with zero attached hydrogens (tertiary/aromatic N) is 2. The van der Waals surface area contributed by atoms with Crippen molar-refractivity contribution >= 4 is 34.9 Å². The summed E-state index contributed by atoms with van der Waals surface area (Å²) >= 11 is 6.02. The van der Waals surface area contributed by atoms with Gasteiger partial charge in [-0.05, 0) is 50.8 Å². The van der Waals surface area contributed by atoms with E-state index in [4.69, 9.17) is 11.6 Å². The maximum Gasteiger partial charge on any atom is 0.417 e. The van der Waals surface area contributed by atoms with E-state index in [9.17, 15) is 22.8 Å². The molecule has 0 saturated carbocycles. The predicted octanol–water partition coefficient (Wildman–Crippen LogP) is 4.65. The normalized spacial score (nSPS) is 14.8. The maximum atomic E-state index is 12.8. The average molecular weight is 483 g/mol. The number of piperidine rings is 1. The molecule has 0 bridgehead atoms. The largest absolute Gasteiger partial charge is 0.417 e. The lowest BCUT2D eigenvalue weighted by Gasteiger charge is -2.32. The lowest BCUT2D eigenvalue weighted by atomic mass is 9.96. The van der Waals surface area contributed by atoms with Gasteiger partial charge in [-0.25, -0.2) is 4.98 Å². The monoisotopic (exact) mass is 482 g/mol. The molecule has 0 unspecified atom stereocenters. The number of pyridine rings is 1. The summed E-state index contributed by atoms with van der Waals surface area (Å²) in [4.78, 5) is 30.5. The quantitative estimate of drug-likeness (QED) is 0.650. The standard InChI is InChI=1S/C23H26ClF3N4O2/c1-13-8-14(2)20(15(3)9-13)30-19(32)12-29-22(33)16-4-6-31(7-5-16)21-18(24)10-17(11-28-21)23(25,26)27/h8-11,16H,4-7,12H2,1-3H3,(H,29,33)(H,30,32). The van der Waals surface area contributed by atoms with Crippen LogP contribution in [0, 0.1) is 26.7 Å². The highest BCUT2D eigenvalue weighted by atomic mass is 35.5. The van der Waals surface area contributed by atoms with Gasteiger partial charge in [0.2, 0.25) is 11.8 Å². The molecule has 2 amide bonds. The number of hydrogen-bond donors (Lipinski definition) is 2. The predicted molar refractivity (Wildman–Crippen MR) is 121 cm³/mol. The number of aromatic nitrogens is 1. The van der Waals surface area contributed by atoms with Crippen molar-refractivity contribution in [3.05, 3.63) is 51.7 Å². The molecule has 2 heterocycles. The highest BCUT2D eigenvalue weighted by Gasteiger charge is 2.33. The van der Waals surface area contributed by atoms with Crippen molar-refractivity contribution in [2.24, 2.45) is 5.92 Å². The van der Waals surface area contributed by atoms with E-state index in [1.165, 1.54) is 0 Å². The number of carbonyl (C=O) groups excluding carboxylic acids is 2. The Hall–Kier alpha value is -2.81. The number of anilines is 2. The van der Waals surface area contributed by atoms with Crippen molar-refractivity contribution in [2.75, 3.05) is 29.9 Å². The smallest absolute Gasteiger partial charge is 0.355 e. The molecule has 33 heavy (non-hydrogen) atoms. The Bertz CT molecular complexity index is 1030. The van der Waals surface area contributed by atoms with Gasteiger partial charge >= 0.3 is 6.18 Å². The summed E-state index contributed by atoms with van der Waals surface area (Å²) < 4.78 is 38.4. The summed E-state index contributed by atoms with van der Waals surface area (Å²) in [6.45, 7) is 6.52. The van der Waals surface area contributed by atoms with E-state index in [1.807, 2.05) is 32.9 Å². The van der Waals surface area contributed by atoms with Crippen LogP contribution in [0.3, 0.4) is 0 Å². The van der Waals surface area contributed by atoms with Crippen molar-refractivity contribution in [1.29, 1.82) is 0 Å². The summed E-state index contributed by atoms with van der Waals surface area (Å²) in [6.07, 6.45) is -2.80. The Balaban J connectivity index is 1.50. The number of rotatable bonds is 5. The van der Waals surface area contributed by atoms with Crippen molar-refractivity contribution in [3.8, 4) is 0 Å². The first-order chi connectivity index (χ1) is 15.5. The number of aryl methyl sites for hydroxylation is 3. The van der Waals surface area contributed by atoms with E-state index in [-0.39, 0.29) is 35.1 Å². The van der Waals surface area contributed by atoms with E-state index in [0.29, 0.717) is 25.9 Å². The summed E-state index contributed by atoms with van der Waals surface area (Å²) in [5, 5.41) is 5.45. The summed E-state index contributed by atoms with van der Waals surface area (Å²) in [5.41, 5.74) is 2.86. The Kier molecular flexibility index (Phi) is 7.51. The average Bonchev–Trinajstić information content (AvgIpc) is 2.74. The van der Waals surface area contributed by atoms with Crippen molar-refractivity contribution < 1.29 is 22.8 Å². The van der Waals surface area contributed by atoms with Gasteiger partial charge in [-0.15, -0.1) is 0 Å².